The second-order valence-electron chi connectivity index (χ2n) is 6.05. The summed E-state index contributed by atoms with van der Waals surface area (Å²) in [6.07, 6.45) is 3.56. The molecule has 0 aromatic carbocycles. The second kappa shape index (κ2) is 5.83. The molecule has 0 radical (unpaired) electrons. The average molecular weight is 242 g/mol. The second-order valence-corrected chi connectivity index (χ2v) is 6.05. The van der Waals surface area contributed by atoms with Gasteiger partial charge in [0.1, 0.15) is 0 Å². The van der Waals surface area contributed by atoms with Crippen molar-refractivity contribution in [2.24, 2.45) is 11.1 Å². The van der Waals surface area contributed by atoms with E-state index >= 15 is 0 Å². The lowest BCUT2D eigenvalue weighted by molar-refractivity contribution is -0.136. The Morgan fingerprint density at radius 1 is 1.47 bits per heavy atom. The summed E-state index contributed by atoms with van der Waals surface area (Å²) in [6, 6.07) is -0.448. The van der Waals surface area contributed by atoms with E-state index in [4.69, 9.17) is 10.5 Å². The van der Waals surface area contributed by atoms with E-state index in [0.29, 0.717) is 6.54 Å². The number of rotatable bonds is 3. The highest BCUT2D eigenvalue weighted by Crippen LogP contribution is 2.20. The SMILES string of the molecule is CN(CC1CCCCO1)C(=O)[C@H](N)C(C)(C)C. The van der Waals surface area contributed by atoms with Gasteiger partial charge in [-0.15, -0.1) is 0 Å². The van der Waals surface area contributed by atoms with Gasteiger partial charge in [0.2, 0.25) is 5.91 Å². The largest absolute Gasteiger partial charge is 0.376 e. The van der Waals surface area contributed by atoms with Crippen LogP contribution in [0.15, 0.2) is 0 Å². The molecule has 0 bridgehead atoms. The number of carbonyl (C=O) groups excluding carboxylic acids is 1. The molecule has 2 N–H and O–H groups in total. The maximum absolute atomic E-state index is 12.1. The van der Waals surface area contributed by atoms with Gasteiger partial charge in [0, 0.05) is 20.2 Å². The van der Waals surface area contributed by atoms with E-state index in [1.807, 2.05) is 27.8 Å². The third-order valence-corrected chi connectivity index (χ3v) is 3.33. The minimum Gasteiger partial charge on any atom is -0.376 e. The van der Waals surface area contributed by atoms with Gasteiger partial charge in [-0.25, -0.2) is 0 Å². The number of hydrogen-bond acceptors (Lipinski definition) is 3. The fourth-order valence-electron chi connectivity index (χ4n) is 1.95. The number of nitrogens with two attached hydrogens (primary N) is 1. The van der Waals surface area contributed by atoms with Crippen LogP contribution in [0.25, 0.3) is 0 Å². The summed E-state index contributed by atoms with van der Waals surface area (Å²) in [6.45, 7) is 7.43. The molecule has 0 aromatic rings. The first-order valence-corrected chi connectivity index (χ1v) is 6.44. The van der Waals surface area contributed by atoms with Gasteiger partial charge in [-0.2, -0.15) is 0 Å². The molecule has 1 amide bonds. The Balaban J connectivity index is 2.46. The first-order valence-electron chi connectivity index (χ1n) is 6.44. The topological polar surface area (TPSA) is 55.6 Å². The molecule has 1 aliphatic heterocycles. The van der Waals surface area contributed by atoms with Gasteiger partial charge in [0.25, 0.3) is 0 Å². The van der Waals surface area contributed by atoms with Gasteiger partial charge in [-0.3, -0.25) is 4.79 Å². The molecule has 0 aliphatic carbocycles. The van der Waals surface area contributed by atoms with Crippen LogP contribution in [0.1, 0.15) is 40.0 Å². The van der Waals surface area contributed by atoms with Crippen LogP contribution in [0.4, 0.5) is 0 Å². The maximum atomic E-state index is 12.1. The van der Waals surface area contributed by atoms with E-state index in [-0.39, 0.29) is 17.4 Å². The van der Waals surface area contributed by atoms with Gasteiger partial charge in [-0.05, 0) is 24.7 Å². The normalized spacial score (nSPS) is 23.2. The molecule has 1 rings (SSSR count). The number of carbonyl (C=O) groups is 1. The molecule has 100 valence electrons. The smallest absolute Gasteiger partial charge is 0.239 e. The summed E-state index contributed by atoms with van der Waals surface area (Å²) in [5.74, 6) is 0.00618. The molecule has 17 heavy (non-hydrogen) atoms. The summed E-state index contributed by atoms with van der Waals surface area (Å²) in [4.78, 5) is 13.8. The van der Waals surface area contributed by atoms with Crippen LogP contribution in [0.3, 0.4) is 0 Å². The molecule has 0 spiro atoms. The van der Waals surface area contributed by atoms with Crippen molar-refractivity contribution in [3.05, 3.63) is 0 Å². The van der Waals surface area contributed by atoms with Crippen molar-refractivity contribution in [2.75, 3.05) is 20.2 Å². The zero-order chi connectivity index (χ0) is 13.1. The first kappa shape index (κ1) is 14.5. The van der Waals surface area contributed by atoms with Crippen LogP contribution in [0.2, 0.25) is 0 Å². The number of ether oxygens (including phenoxy) is 1. The quantitative estimate of drug-likeness (QED) is 0.813. The number of amides is 1. The van der Waals surface area contributed by atoms with Crippen LogP contribution in [0, 0.1) is 5.41 Å². The fourth-order valence-corrected chi connectivity index (χ4v) is 1.95. The molecule has 4 nitrogen and oxygen atoms in total. The van der Waals surface area contributed by atoms with Gasteiger partial charge in [0.15, 0.2) is 0 Å². The van der Waals surface area contributed by atoms with Crippen LogP contribution in [-0.4, -0.2) is 43.2 Å². The molecule has 1 unspecified atom stereocenters. The molecule has 2 atom stereocenters. The highest BCUT2D eigenvalue weighted by atomic mass is 16.5. The Hall–Kier alpha value is -0.610. The van der Waals surface area contributed by atoms with Crippen LogP contribution in [0.5, 0.6) is 0 Å². The molecule has 1 aliphatic rings. The standard InChI is InChI=1S/C13H26N2O2/c1-13(2,3)11(14)12(16)15(4)9-10-7-5-6-8-17-10/h10-11H,5-9,14H2,1-4H3/t10?,11-/m0/s1. The molecule has 0 aromatic heterocycles. The van der Waals surface area contributed by atoms with E-state index in [0.717, 1.165) is 19.4 Å². The van der Waals surface area contributed by atoms with Crippen LogP contribution >= 0.6 is 0 Å². The van der Waals surface area contributed by atoms with Gasteiger partial charge < -0.3 is 15.4 Å². The van der Waals surface area contributed by atoms with E-state index in [1.54, 1.807) is 4.90 Å². The third kappa shape index (κ3) is 4.28. The Kier molecular flexibility index (Phi) is 4.95. The highest BCUT2D eigenvalue weighted by Gasteiger charge is 2.30. The molecule has 1 saturated heterocycles. The van der Waals surface area contributed by atoms with Gasteiger partial charge in [0.05, 0.1) is 12.1 Å². The first-order chi connectivity index (χ1) is 7.82. The van der Waals surface area contributed by atoms with Crippen molar-refractivity contribution >= 4 is 5.91 Å². The van der Waals surface area contributed by atoms with Crippen molar-refractivity contribution in [1.82, 2.24) is 4.90 Å². The van der Waals surface area contributed by atoms with Gasteiger partial charge >= 0.3 is 0 Å². The van der Waals surface area contributed by atoms with Crippen molar-refractivity contribution in [2.45, 2.75) is 52.2 Å². The predicted octanol–water partition coefficient (Wildman–Crippen LogP) is 1.39. The monoisotopic (exact) mass is 242 g/mol. The Bertz CT molecular complexity index is 255. The predicted molar refractivity (Wildman–Crippen MR) is 68.7 cm³/mol. The highest BCUT2D eigenvalue weighted by molar-refractivity contribution is 5.82. The minimum atomic E-state index is -0.448. The molecular weight excluding hydrogens is 216 g/mol. The summed E-state index contributed by atoms with van der Waals surface area (Å²) < 4.78 is 5.63. The molecule has 0 saturated carbocycles. The lowest BCUT2D eigenvalue weighted by Gasteiger charge is -2.32. The van der Waals surface area contributed by atoms with Crippen molar-refractivity contribution in [3.8, 4) is 0 Å². The Morgan fingerprint density at radius 2 is 2.12 bits per heavy atom. The summed E-state index contributed by atoms with van der Waals surface area (Å²) >= 11 is 0. The maximum Gasteiger partial charge on any atom is 0.239 e. The van der Waals surface area contributed by atoms with E-state index in [2.05, 4.69) is 0 Å². The van der Waals surface area contributed by atoms with Crippen LogP contribution < -0.4 is 5.73 Å². The average Bonchev–Trinajstić information content (AvgIpc) is 2.27. The molecule has 4 heteroatoms. The summed E-state index contributed by atoms with van der Waals surface area (Å²) in [5, 5.41) is 0. The zero-order valence-corrected chi connectivity index (χ0v) is 11.5. The minimum absolute atomic E-state index is 0.00618. The van der Waals surface area contributed by atoms with Crippen molar-refractivity contribution in [3.63, 3.8) is 0 Å². The molecular formula is C13H26N2O2. The number of nitrogens with zero attached hydrogens (tertiary/aromatic N) is 1. The fraction of sp³-hybridized carbons (Fsp3) is 0.923. The van der Waals surface area contributed by atoms with Gasteiger partial charge in [-0.1, -0.05) is 20.8 Å². The van der Waals surface area contributed by atoms with Crippen molar-refractivity contribution in [1.29, 1.82) is 0 Å². The third-order valence-electron chi connectivity index (χ3n) is 3.33. The van der Waals surface area contributed by atoms with Crippen LogP contribution in [-0.2, 0) is 9.53 Å². The zero-order valence-electron chi connectivity index (χ0n) is 11.5. The van der Waals surface area contributed by atoms with E-state index in [1.165, 1.54) is 6.42 Å². The lowest BCUT2D eigenvalue weighted by Crippen LogP contribution is -2.51. The van der Waals surface area contributed by atoms with E-state index in [9.17, 15) is 4.79 Å². The summed E-state index contributed by atoms with van der Waals surface area (Å²) in [5.41, 5.74) is 5.77. The number of hydrogen-bond donors (Lipinski definition) is 1. The van der Waals surface area contributed by atoms with Crippen molar-refractivity contribution < 1.29 is 9.53 Å². The molecule has 1 heterocycles. The molecule has 1 fully saturated rings. The number of likely N-dealkylation sites (N-methyl/N-ethyl adjacent to an activating group) is 1. The summed E-state index contributed by atoms with van der Waals surface area (Å²) in [7, 11) is 1.81. The Labute approximate surface area is 104 Å². The van der Waals surface area contributed by atoms with E-state index < -0.39 is 6.04 Å². The lowest BCUT2D eigenvalue weighted by atomic mass is 9.86. The Morgan fingerprint density at radius 3 is 2.59 bits per heavy atom.